The van der Waals surface area contributed by atoms with Crippen molar-refractivity contribution in [2.24, 2.45) is 0 Å². The van der Waals surface area contributed by atoms with Crippen molar-refractivity contribution in [3.8, 4) is 0 Å². The van der Waals surface area contributed by atoms with Crippen molar-refractivity contribution in [1.29, 1.82) is 0 Å². The fourth-order valence-corrected chi connectivity index (χ4v) is 2.51. The van der Waals surface area contributed by atoms with E-state index in [9.17, 15) is 31.5 Å². The van der Waals surface area contributed by atoms with Gasteiger partial charge in [-0.05, 0) is 42.7 Å². The molecule has 2 amide bonds. The first-order chi connectivity index (χ1) is 13.7. The molecule has 156 valence electrons. The lowest BCUT2D eigenvalue weighted by atomic mass is 10.1. The Kier molecular flexibility index (Phi) is 7.69. The first-order valence-corrected chi connectivity index (χ1v) is 8.83. The highest BCUT2D eigenvalue weighted by molar-refractivity contribution is 5.94. The third kappa shape index (κ3) is 7.17. The monoisotopic (exact) mass is 414 g/mol. The maximum atomic E-state index is 13.5. The molecule has 9 heteroatoms. The van der Waals surface area contributed by atoms with Crippen molar-refractivity contribution in [3.63, 3.8) is 0 Å². The SMILES string of the molecule is O=C(CCCNC(=O)c1ccc(F)cc1F)NCCc1ccc(C(F)(F)F)cc1. The van der Waals surface area contributed by atoms with Crippen LogP contribution in [0, 0.1) is 11.6 Å². The molecule has 0 aromatic heterocycles. The van der Waals surface area contributed by atoms with Crippen LogP contribution in [0.5, 0.6) is 0 Å². The zero-order chi connectivity index (χ0) is 21.4. The first kappa shape index (κ1) is 22.3. The average molecular weight is 414 g/mol. The van der Waals surface area contributed by atoms with Crippen molar-refractivity contribution in [3.05, 3.63) is 70.8 Å². The molecule has 0 heterocycles. The Morgan fingerprint density at radius 1 is 0.897 bits per heavy atom. The third-order valence-corrected chi connectivity index (χ3v) is 4.06. The van der Waals surface area contributed by atoms with Gasteiger partial charge in [-0.1, -0.05) is 12.1 Å². The molecule has 0 unspecified atom stereocenters. The second-order valence-electron chi connectivity index (χ2n) is 6.28. The summed E-state index contributed by atoms with van der Waals surface area (Å²) < 4.78 is 63.8. The van der Waals surface area contributed by atoms with Gasteiger partial charge in [0.1, 0.15) is 11.6 Å². The Labute approximate surface area is 164 Å². The number of hydrogen-bond acceptors (Lipinski definition) is 2. The van der Waals surface area contributed by atoms with Gasteiger partial charge in [-0.15, -0.1) is 0 Å². The largest absolute Gasteiger partial charge is 0.416 e. The minimum absolute atomic E-state index is 0.110. The van der Waals surface area contributed by atoms with Gasteiger partial charge in [0, 0.05) is 25.6 Å². The van der Waals surface area contributed by atoms with Gasteiger partial charge in [-0.25, -0.2) is 8.78 Å². The predicted octanol–water partition coefficient (Wildman–Crippen LogP) is 3.85. The summed E-state index contributed by atoms with van der Waals surface area (Å²) in [5.41, 5.74) is -0.355. The molecule has 0 atom stereocenters. The van der Waals surface area contributed by atoms with E-state index < -0.39 is 29.3 Å². The molecule has 2 aromatic rings. The molecule has 0 aliphatic heterocycles. The normalized spacial score (nSPS) is 11.2. The fourth-order valence-electron chi connectivity index (χ4n) is 2.51. The van der Waals surface area contributed by atoms with Crippen LogP contribution < -0.4 is 10.6 Å². The number of hydrogen-bond donors (Lipinski definition) is 2. The van der Waals surface area contributed by atoms with E-state index in [4.69, 9.17) is 0 Å². The molecule has 0 saturated carbocycles. The van der Waals surface area contributed by atoms with Crippen LogP contribution in [0.1, 0.15) is 34.3 Å². The summed E-state index contributed by atoms with van der Waals surface area (Å²) in [7, 11) is 0. The molecule has 0 spiro atoms. The van der Waals surface area contributed by atoms with E-state index in [0.717, 1.165) is 24.3 Å². The maximum absolute atomic E-state index is 13.5. The molecule has 0 aliphatic carbocycles. The van der Waals surface area contributed by atoms with Gasteiger partial charge in [0.25, 0.3) is 5.91 Å². The first-order valence-electron chi connectivity index (χ1n) is 8.83. The summed E-state index contributed by atoms with van der Waals surface area (Å²) in [5, 5.41) is 5.08. The number of amides is 2. The Bertz CT molecular complexity index is 851. The summed E-state index contributed by atoms with van der Waals surface area (Å²) in [6, 6.07) is 7.32. The van der Waals surface area contributed by atoms with Gasteiger partial charge in [0.15, 0.2) is 0 Å². The minimum atomic E-state index is -4.38. The van der Waals surface area contributed by atoms with Gasteiger partial charge in [-0.2, -0.15) is 13.2 Å². The number of rotatable bonds is 8. The van der Waals surface area contributed by atoms with Gasteiger partial charge >= 0.3 is 6.18 Å². The van der Waals surface area contributed by atoms with Crippen molar-refractivity contribution in [2.45, 2.75) is 25.4 Å². The van der Waals surface area contributed by atoms with Gasteiger partial charge in [-0.3, -0.25) is 9.59 Å². The lowest BCUT2D eigenvalue weighted by Crippen LogP contribution is -2.29. The molecule has 29 heavy (non-hydrogen) atoms. The van der Waals surface area contributed by atoms with E-state index >= 15 is 0 Å². The number of carbonyl (C=O) groups excluding carboxylic acids is 2. The third-order valence-electron chi connectivity index (χ3n) is 4.06. The predicted molar refractivity (Wildman–Crippen MR) is 96.1 cm³/mol. The number of halogens is 5. The van der Waals surface area contributed by atoms with E-state index in [-0.39, 0.29) is 31.0 Å². The van der Waals surface area contributed by atoms with Crippen LogP contribution in [0.25, 0.3) is 0 Å². The van der Waals surface area contributed by atoms with Crippen molar-refractivity contribution in [2.75, 3.05) is 13.1 Å². The number of benzene rings is 2. The van der Waals surface area contributed by atoms with Crippen molar-refractivity contribution < 1.29 is 31.5 Å². The molecule has 0 radical (unpaired) electrons. The summed E-state index contributed by atoms with van der Waals surface area (Å²) in [6.45, 7) is 0.388. The molecular weight excluding hydrogens is 395 g/mol. The molecule has 0 saturated heterocycles. The number of nitrogens with one attached hydrogen (secondary N) is 2. The van der Waals surface area contributed by atoms with E-state index in [2.05, 4.69) is 10.6 Å². The van der Waals surface area contributed by atoms with Crippen LogP contribution in [0.4, 0.5) is 22.0 Å². The molecule has 0 bridgehead atoms. The number of carbonyl (C=O) groups is 2. The second kappa shape index (κ2) is 9.99. The smallest absolute Gasteiger partial charge is 0.356 e. The van der Waals surface area contributed by atoms with Crippen LogP contribution in [0.2, 0.25) is 0 Å². The van der Waals surface area contributed by atoms with E-state index in [1.165, 1.54) is 12.1 Å². The highest BCUT2D eigenvalue weighted by Crippen LogP contribution is 2.29. The van der Waals surface area contributed by atoms with E-state index in [1.54, 1.807) is 0 Å². The lowest BCUT2D eigenvalue weighted by Gasteiger charge is -2.09. The molecule has 0 fully saturated rings. The Hall–Kier alpha value is -2.97. The Morgan fingerprint density at radius 2 is 1.59 bits per heavy atom. The fraction of sp³-hybridized carbons (Fsp3) is 0.300. The quantitative estimate of drug-likeness (QED) is 0.509. The van der Waals surface area contributed by atoms with Gasteiger partial charge in [0.2, 0.25) is 5.91 Å². The van der Waals surface area contributed by atoms with Crippen LogP contribution in [-0.4, -0.2) is 24.9 Å². The van der Waals surface area contributed by atoms with E-state index in [0.29, 0.717) is 24.5 Å². The van der Waals surface area contributed by atoms with Crippen LogP contribution in [0.15, 0.2) is 42.5 Å². The zero-order valence-electron chi connectivity index (χ0n) is 15.3. The summed E-state index contributed by atoms with van der Waals surface area (Å²) >= 11 is 0. The standard InChI is InChI=1S/C20H19F5N2O2/c21-15-7-8-16(17(22)12-15)19(29)27-10-1-2-18(28)26-11-9-13-3-5-14(6-4-13)20(23,24)25/h3-8,12H,1-2,9-11H2,(H,26,28)(H,27,29). The highest BCUT2D eigenvalue weighted by atomic mass is 19.4. The Balaban J connectivity index is 1.64. The van der Waals surface area contributed by atoms with Crippen LogP contribution in [-0.2, 0) is 17.4 Å². The van der Waals surface area contributed by atoms with Crippen LogP contribution in [0.3, 0.4) is 0 Å². The molecule has 2 N–H and O–H groups in total. The second-order valence-corrected chi connectivity index (χ2v) is 6.28. The Morgan fingerprint density at radius 3 is 2.21 bits per heavy atom. The molecule has 2 rings (SSSR count). The zero-order valence-corrected chi connectivity index (χ0v) is 15.3. The maximum Gasteiger partial charge on any atom is 0.416 e. The summed E-state index contributed by atoms with van der Waals surface area (Å²) in [6.07, 6.45) is -3.59. The van der Waals surface area contributed by atoms with Gasteiger partial charge in [0.05, 0.1) is 11.1 Å². The topological polar surface area (TPSA) is 58.2 Å². The summed E-state index contributed by atoms with van der Waals surface area (Å²) in [5.74, 6) is -2.74. The average Bonchev–Trinajstić information content (AvgIpc) is 2.65. The lowest BCUT2D eigenvalue weighted by molar-refractivity contribution is -0.137. The van der Waals surface area contributed by atoms with Gasteiger partial charge < -0.3 is 10.6 Å². The van der Waals surface area contributed by atoms with Crippen molar-refractivity contribution >= 4 is 11.8 Å². The van der Waals surface area contributed by atoms with Crippen molar-refractivity contribution in [1.82, 2.24) is 10.6 Å². The highest BCUT2D eigenvalue weighted by Gasteiger charge is 2.29. The molecule has 4 nitrogen and oxygen atoms in total. The van der Waals surface area contributed by atoms with Crippen LogP contribution >= 0.6 is 0 Å². The molecular formula is C20H19F5N2O2. The minimum Gasteiger partial charge on any atom is -0.356 e. The number of alkyl halides is 3. The van der Waals surface area contributed by atoms with E-state index in [1.807, 2.05) is 0 Å². The molecule has 2 aromatic carbocycles. The summed E-state index contributed by atoms with van der Waals surface area (Å²) in [4.78, 5) is 23.5. The molecule has 0 aliphatic rings.